The first-order valence-electron chi connectivity index (χ1n) is 1.72. The van der Waals surface area contributed by atoms with Gasteiger partial charge in [0, 0.05) is 0 Å². The summed E-state index contributed by atoms with van der Waals surface area (Å²) in [7, 11) is 0. The van der Waals surface area contributed by atoms with Crippen molar-refractivity contribution in [2.24, 2.45) is 0 Å². The van der Waals surface area contributed by atoms with Crippen LogP contribution in [0.2, 0.25) is 0 Å². The van der Waals surface area contributed by atoms with Gasteiger partial charge in [0.1, 0.15) is 0 Å². The van der Waals surface area contributed by atoms with Crippen LogP contribution >= 0.6 is 12.6 Å². The summed E-state index contributed by atoms with van der Waals surface area (Å²) in [6, 6.07) is 0. The molecule has 0 aliphatic carbocycles. The predicted octanol–water partition coefficient (Wildman–Crippen LogP) is -0.0456. The van der Waals surface area contributed by atoms with Gasteiger partial charge in [-0.2, -0.15) is 12.6 Å². The molecule has 0 unspecified atom stereocenters. The molecule has 0 radical (unpaired) electrons. The van der Waals surface area contributed by atoms with E-state index in [9.17, 15) is 4.79 Å². The van der Waals surface area contributed by atoms with Gasteiger partial charge in [-0.15, -0.1) is 0 Å². The SMILES string of the molecule is C=COC(=O)CS.[NaH]. The Balaban J connectivity index is 0. The molecule has 0 rings (SSSR count). The van der Waals surface area contributed by atoms with Crippen LogP contribution in [0.3, 0.4) is 0 Å². The minimum atomic E-state index is -0.377. The van der Waals surface area contributed by atoms with Crippen LogP contribution in [-0.2, 0) is 9.53 Å². The molecule has 0 aromatic carbocycles. The van der Waals surface area contributed by atoms with Crippen molar-refractivity contribution in [2.75, 3.05) is 5.75 Å². The monoisotopic (exact) mass is 142 g/mol. The Labute approximate surface area is 76.0 Å². The van der Waals surface area contributed by atoms with Crippen molar-refractivity contribution in [2.45, 2.75) is 0 Å². The first-order valence-corrected chi connectivity index (χ1v) is 2.35. The average Bonchev–Trinajstić information content (AvgIpc) is 1.68. The van der Waals surface area contributed by atoms with E-state index in [1.54, 1.807) is 0 Å². The Kier molecular flexibility index (Phi) is 10.7. The van der Waals surface area contributed by atoms with Crippen LogP contribution < -0.4 is 0 Å². The zero-order valence-corrected chi connectivity index (χ0v) is 4.65. The number of esters is 1. The summed E-state index contributed by atoms with van der Waals surface area (Å²) in [5, 5.41) is 0. The summed E-state index contributed by atoms with van der Waals surface area (Å²) in [6.45, 7) is 3.17. The van der Waals surface area contributed by atoms with Crippen LogP contribution in [0.25, 0.3) is 0 Å². The van der Waals surface area contributed by atoms with Crippen molar-refractivity contribution < 1.29 is 9.53 Å². The van der Waals surface area contributed by atoms with E-state index in [0.29, 0.717) is 0 Å². The maximum atomic E-state index is 10.0. The Bertz CT molecular complexity index is 84.1. The Morgan fingerprint density at radius 3 is 2.50 bits per heavy atom. The fraction of sp³-hybridized carbons (Fsp3) is 0.250. The second-order valence-corrected chi connectivity index (χ2v) is 1.13. The van der Waals surface area contributed by atoms with Gasteiger partial charge in [-0.1, -0.05) is 6.58 Å². The normalized spacial score (nSPS) is 6.62. The van der Waals surface area contributed by atoms with Crippen molar-refractivity contribution in [1.82, 2.24) is 0 Å². The standard InChI is InChI=1S/C4H6O2S.Na.H/c1-2-6-4(5)3-7;;/h2,7H,1,3H2;;. The van der Waals surface area contributed by atoms with Crippen LogP contribution in [0.4, 0.5) is 0 Å². The molecule has 0 spiro atoms. The molecular formula is C4H7NaO2S. The quantitative estimate of drug-likeness (QED) is 0.253. The third-order valence-electron chi connectivity index (χ3n) is 0.344. The average molecular weight is 142 g/mol. The zero-order valence-electron chi connectivity index (χ0n) is 3.76. The summed E-state index contributed by atoms with van der Waals surface area (Å²) in [6.07, 6.45) is 1.08. The van der Waals surface area contributed by atoms with E-state index in [1.165, 1.54) is 0 Å². The van der Waals surface area contributed by atoms with E-state index in [1.807, 2.05) is 0 Å². The molecule has 0 fully saturated rings. The molecule has 4 heteroatoms. The summed E-state index contributed by atoms with van der Waals surface area (Å²) in [5.74, 6) is -0.273. The van der Waals surface area contributed by atoms with Gasteiger partial charge in [0.15, 0.2) is 0 Å². The van der Waals surface area contributed by atoms with E-state index in [-0.39, 0.29) is 41.3 Å². The number of carbonyl (C=O) groups excluding carboxylic acids is 1. The van der Waals surface area contributed by atoms with Crippen molar-refractivity contribution >= 4 is 48.2 Å². The number of rotatable bonds is 2. The van der Waals surface area contributed by atoms with Gasteiger partial charge in [-0.25, -0.2) is 0 Å². The van der Waals surface area contributed by atoms with Gasteiger partial charge < -0.3 is 4.74 Å². The summed E-state index contributed by atoms with van der Waals surface area (Å²) in [5.41, 5.74) is 0. The minimum absolute atomic E-state index is 0. The third kappa shape index (κ3) is 6.56. The molecule has 0 aromatic heterocycles. The van der Waals surface area contributed by atoms with Gasteiger partial charge in [-0.05, 0) is 0 Å². The van der Waals surface area contributed by atoms with E-state index in [4.69, 9.17) is 0 Å². The number of ether oxygens (including phenoxy) is 1. The topological polar surface area (TPSA) is 26.3 Å². The molecule has 2 nitrogen and oxygen atoms in total. The number of carbonyl (C=O) groups is 1. The van der Waals surface area contributed by atoms with Gasteiger partial charge in [0.05, 0.1) is 12.0 Å². The van der Waals surface area contributed by atoms with Gasteiger partial charge in [0.25, 0.3) is 0 Å². The Morgan fingerprint density at radius 2 is 2.38 bits per heavy atom. The van der Waals surface area contributed by atoms with Crippen LogP contribution in [0, 0.1) is 0 Å². The molecule has 0 amide bonds. The molecule has 0 atom stereocenters. The molecule has 0 aliphatic rings. The predicted molar refractivity (Wildman–Crippen MR) is 37.3 cm³/mol. The van der Waals surface area contributed by atoms with Gasteiger partial charge in [0.2, 0.25) is 0 Å². The molecule has 42 valence electrons. The molecule has 0 aliphatic heterocycles. The van der Waals surface area contributed by atoms with Crippen molar-refractivity contribution in [1.29, 1.82) is 0 Å². The van der Waals surface area contributed by atoms with E-state index >= 15 is 0 Å². The number of hydrogen-bond acceptors (Lipinski definition) is 3. The molecule has 0 bridgehead atoms. The first kappa shape index (κ1) is 11.4. The third-order valence-corrected chi connectivity index (χ3v) is 0.602. The summed E-state index contributed by atoms with van der Waals surface area (Å²) < 4.78 is 4.24. The van der Waals surface area contributed by atoms with Gasteiger partial charge >= 0.3 is 35.5 Å². The summed E-state index contributed by atoms with van der Waals surface area (Å²) in [4.78, 5) is 10.0. The van der Waals surface area contributed by atoms with Crippen LogP contribution in [0.1, 0.15) is 0 Å². The molecular weight excluding hydrogens is 135 g/mol. The number of hydrogen-bond donors (Lipinski definition) is 1. The van der Waals surface area contributed by atoms with E-state index in [0.717, 1.165) is 6.26 Å². The van der Waals surface area contributed by atoms with Crippen LogP contribution in [0.5, 0.6) is 0 Å². The second kappa shape index (κ2) is 7.56. The van der Waals surface area contributed by atoms with Crippen LogP contribution in [-0.4, -0.2) is 41.3 Å². The molecule has 0 saturated carbocycles. The Hall–Kier alpha value is 0.560. The van der Waals surface area contributed by atoms with Crippen molar-refractivity contribution in [3.63, 3.8) is 0 Å². The fourth-order valence-corrected chi connectivity index (χ4v) is 0.205. The summed E-state index contributed by atoms with van der Waals surface area (Å²) >= 11 is 3.63. The maximum absolute atomic E-state index is 10.0. The van der Waals surface area contributed by atoms with Crippen LogP contribution in [0.15, 0.2) is 12.8 Å². The molecule has 0 aromatic rings. The molecule has 0 N–H and O–H groups in total. The van der Waals surface area contributed by atoms with Gasteiger partial charge in [-0.3, -0.25) is 4.79 Å². The molecule has 8 heavy (non-hydrogen) atoms. The molecule has 0 saturated heterocycles. The molecule has 0 heterocycles. The first-order chi connectivity index (χ1) is 3.31. The zero-order chi connectivity index (χ0) is 5.70. The Morgan fingerprint density at radius 1 is 1.88 bits per heavy atom. The van der Waals surface area contributed by atoms with Crippen molar-refractivity contribution in [3.8, 4) is 0 Å². The fourth-order valence-electron chi connectivity index (χ4n) is 0.130. The van der Waals surface area contributed by atoms with E-state index in [2.05, 4.69) is 23.9 Å². The second-order valence-electron chi connectivity index (χ2n) is 0.815. The number of thiol groups is 1. The van der Waals surface area contributed by atoms with E-state index < -0.39 is 0 Å². The van der Waals surface area contributed by atoms with Crippen molar-refractivity contribution in [3.05, 3.63) is 12.8 Å².